The first-order valence-corrected chi connectivity index (χ1v) is 9.33. The van der Waals surface area contributed by atoms with Crippen LogP contribution in [0.1, 0.15) is 25.7 Å². The minimum absolute atomic E-state index is 0.0882. The summed E-state index contributed by atoms with van der Waals surface area (Å²) in [6.45, 7) is 0. The van der Waals surface area contributed by atoms with Crippen LogP contribution in [0.4, 0.5) is 8.78 Å². The van der Waals surface area contributed by atoms with E-state index in [4.69, 9.17) is 4.74 Å². The summed E-state index contributed by atoms with van der Waals surface area (Å²) >= 11 is 0. The number of benzene rings is 1. The van der Waals surface area contributed by atoms with E-state index in [2.05, 4.69) is 14.7 Å². The summed E-state index contributed by atoms with van der Waals surface area (Å²) in [7, 11) is -3.98. The maximum Gasteiger partial charge on any atom is 0.316 e. The van der Waals surface area contributed by atoms with Gasteiger partial charge in [0.25, 0.3) is 0 Å². The number of ether oxygens (including phenoxy) is 1. The number of rotatable bonds is 5. The Balaban J connectivity index is 1.58. The van der Waals surface area contributed by atoms with Gasteiger partial charge in [0.2, 0.25) is 10.0 Å². The third-order valence-electron chi connectivity index (χ3n) is 3.96. The standard InChI is InChI=1S/C16H17F2N3O3S/c17-11-8-12(18)10-15(9-11)25(22,23)21-13-2-4-14(5-3-13)24-16-19-6-1-7-20-16/h1,6-10,13-14,21H,2-5H2. The summed E-state index contributed by atoms with van der Waals surface area (Å²) in [5.41, 5.74) is 0. The number of hydrogen-bond acceptors (Lipinski definition) is 5. The molecular weight excluding hydrogens is 352 g/mol. The van der Waals surface area contributed by atoms with E-state index in [1.165, 1.54) is 0 Å². The van der Waals surface area contributed by atoms with Crippen LogP contribution in [0.25, 0.3) is 0 Å². The van der Waals surface area contributed by atoms with E-state index in [0.717, 1.165) is 12.1 Å². The zero-order valence-electron chi connectivity index (χ0n) is 13.2. The van der Waals surface area contributed by atoms with E-state index >= 15 is 0 Å². The number of nitrogens with one attached hydrogen (secondary N) is 1. The highest BCUT2D eigenvalue weighted by Crippen LogP contribution is 2.24. The Labute approximate surface area is 144 Å². The van der Waals surface area contributed by atoms with Crippen LogP contribution in [0.5, 0.6) is 6.01 Å². The molecule has 1 heterocycles. The summed E-state index contributed by atoms with van der Waals surface area (Å²) in [5, 5.41) is 0. The second-order valence-electron chi connectivity index (χ2n) is 5.85. The van der Waals surface area contributed by atoms with Gasteiger partial charge in [0.1, 0.15) is 17.7 Å². The Morgan fingerprint density at radius 1 is 1.00 bits per heavy atom. The molecular formula is C16H17F2N3O3S. The lowest BCUT2D eigenvalue weighted by molar-refractivity contribution is 0.132. The Morgan fingerprint density at radius 3 is 2.20 bits per heavy atom. The number of nitrogens with zero attached hydrogens (tertiary/aromatic N) is 2. The summed E-state index contributed by atoms with van der Waals surface area (Å²) < 4.78 is 59.2. The molecule has 0 spiro atoms. The first-order chi connectivity index (χ1) is 11.9. The lowest BCUT2D eigenvalue weighted by atomic mass is 9.94. The zero-order chi connectivity index (χ0) is 17.9. The predicted molar refractivity (Wildman–Crippen MR) is 85.4 cm³/mol. The highest BCUT2D eigenvalue weighted by Gasteiger charge is 2.27. The van der Waals surface area contributed by atoms with Crippen LogP contribution < -0.4 is 9.46 Å². The van der Waals surface area contributed by atoms with Gasteiger partial charge in [0, 0.05) is 24.5 Å². The minimum atomic E-state index is -3.98. The fourth-order valence-corrected chi connectivity index (χ4v) is 4.11. The normalized spacial score (nSPS) is 21.0. The van der Waals surface area contributed by atoms with Crippen molar-refractivity contribution in [2.75, 3.05) is 0 Å². The topological polar surface area (TPSA) is 81.2 Å². The Hall–Kier alpha value is -2.13. The third-order valence-corrected chi connectivity index (χ3v) is 5.46. The average molecular weight is 369 g/mol. The lowest BCUT2D eigenvalue weighted by Gasteiger charge is -2.28. The molecule has 1 aliphatic carbocycles. The summed E-state index contributed by atoms with van der Waals surface area (Å²) in [6.07, 6.45) is 5.44. The minimum Gasteiger partial charge on any atom is -0.460 e. The summed E-state index contributed by atoms with van der Waals surface area (Å²) in [4.78, 5) is 7.57. The van der Waals surface area contributed by atoms with E-state index in [1.54, 1.807) is 18.5 Å². The average Bonchev–Trinajstić information content (AvgIpc) is 2.56. The van der Waals surface area contributed by atoms with E-state index in [-0.39, 0.29) is 12.1 Å². The van der Waals surface area contributed by atoms with Crippen molar-refractivity contribution in [1.82, 2.24) is 14.7 Å². The molecule has 1 N–H and O–H groups in total. The van der Waals surface area contributed by atoms with Crippen molar-refractivity contribution in [3.8, 4) is 6.01 Å². The zero-order valence-corrected chi connectivity index (χ0v) is 14.0. The number of hydrogen-bond donors (Lipinski definition) is 1. The van der Waals surface area contributed by atoms with Crippen LogP contribution in [0.2, 0.25) is 0 Å². The first kappa shape index (κ1) is 17.7. The molecule has 0 bridgehead atoms. The Bertz CT molecular complexity index is 806. The summed E-state index contributed by atoms with van der Waals surface area (Å²) in [6, 6.07) is 3.90. The van der Waals surface area contributed by atoms with Crippen molar-refractivity contribution < 1.29 is 21.9 Å². The number of aromatic nitrogens is 2. The molecule has 1 aromatic carbocycles. The molecule has 134 valence electrons. The Morgan fingerprint density at radius 2 is 1.60 bits per heavy atom. The predicted octanol–water partition coefficient (Wildman–Crippen LogP) is 2.42. The largest absolute Gasteiger partial charge is 0.460 e. The van der Waals surface area contributed by atoms with Gasteiger partial charge >= 0.3 is 6.01 Å². The van der Waals surface area contributed by atoms with Gasteiger partial charge in [-0.2, -0.15) is 0 Å². The molecule has 0 radical (unpaired) electrons. The molecule has 0 unspecified atom stereocenters. The van der Waals surface area contributed by atoms with Crippen LogP contribution in [0.3, 0.4) is 0 Å². The van der Waals surface area contributed by atoms with E-state index in [0.29, 0.717) is 37.8 Å². The Kier molecular flexibility index (Phi) is 5.24. The van der Waals surface area contributed by atoms with E-state index < -0.39 is 26.6 Å². The second kappa shape index (κ2) is 7.40. The molecule has 2 aromatic rings. The molecule has 9 heteroatoms. The van der Waals surface area contributed by atoms with Crippen LogP contribution in [-0.4, -0.2) is 30.5 Å². The van der Waals surface area contributed by atoms with Crippen molar-refractivity contribution in [3.63, 3.8) is 0 Å². The second-order valence-corrected chi connectivity index (χ2v) is 7.56. The van der Waals surface area contributed by atoms with Crippen LogP contribution in [0.15, 0.2) is 41.6 Å². The van der Waals surface area contributed by atoms with Crippen LogP contribution in [0, 0.1) is 11.6 Å². The highest BCUT2D eigenvalue weighted by molar-refractivity contribution is 7.89. The van der Waals surface area contributed by atoms with Crippen molar-refractivity contribution >= 4 is 10.0 Å². The maximum absolute atomic E-state index is 13.2. The van der Waals surface area contributed by atoms with Gasteiger partial charge in [-0.3, -0.25) is 0 Å². The third kappa shape index (κ3) is 4.70. The quantitative estimate of drug-likeness (QED) is 0.875. The number of sulfonamides is 1. The lowest BCUT2D eigenvalue weighted by Crippen LogP contribution is -2.39. The molecule has 0 atom stereocenters. The fraction of sp³-hybridized carbons (Fsp3) is 0.375. The van der Waals surface area contributed by atoms with Gasteiger partial charge in [0.15, 0.2) is 0 Å². The molecule has 0 aliphatic heterocycles. The summed E-state index contributed by atoms with van der Waals surface area (Å²) in [5.74, 6) is -1.86. The van der Waals surface area contributed by atoms with Gasteiger partial charge in [-0.1, -0.05) is 0 Å². The van der Waals surface area contributed by atoms with Crippen LogP contribution >= 0.6 is 0 Å². The van der Waals surface area contributed by atoms with Gasteiger partial charge in [-0.15, -0.1) is 0 Å². The monoisotopic (exact) mass is 369 g/mol. The molecule has 0 saturated heterocycles. The molecule has 1 fully saturated rings. The fourth-order valence-electron chi connectivity index (χ4n) is 2.77. The molecule has 6 nitrogen and oxygen atoms in total. The van der Waals surface area contributed by atoms with Gasteiger partial charge < -0.3 is 4.74 Å². The SMILES string of the molecule is O=S(=O)(NC1CCC(Oc2ncccn2)CC1)c1cc(F)cc(F)c1. The van der Waals surface area contributed by atoms with Gasteiger partial charge in [-0.25, -0.2) is 31.9 Å². The molecule has 3 rings (SSSR count). The molecule has 1 aromatic heterocycles. The highest BCUT2D eigenvalue weighted by atomic mass is 32.2. The van der Waals surface area contributed by atoms with Crippen molar-refractivity contribution in [2.45, 2.75) is 42.7 Å². The van der Waals surface area contributed by atoms with E-state index in [9.17, 15) is 17.2 Å². The molecule has 1 aliphatic rings. The van der Waals surface area contributed by atoms with Crippen molar-refractivity contribution in [3.05, 3.63) is 48.3 Å². The van der Waals surface area contributed by atoms with Gasteiger partial charge in [-0.05, 0) is 43.9 Å². The van der Waals surface area contributed by atoms with E-state index in [1.807, 2.05) is 0 Å². The van der Waals surface area contributed by atoms with Crippen molar-refractivity contribution in [2.24, 2.45) is 0 Å². The van der Waals surface area contributed by atoms with Crippen LogP contribution in [-0.2, 0) is 10.0 Å². The number of halogens is 2. The molecule has 25 heavy (non-hydrogen) atoms. The maximum atomic E-state index is 13.2. The van der Waals surface area contributed by atoms with Gasteiger partial charge in [0.05, 0.1) is 4.90 Å². The molecule has 1 saturated carbocycles. The molecule has 0 amide bonds. The first-order valence-electron chi connectivity index (χ1n) is 7.84. The smallest absolute Gasteiger partial charge is 0.316 e. The van der Waals surface area contributed by atoms with Crippen molar-refractivity contribution in [1.29, 1.82) is 0 Å².